The van der Waals surface area contributed by atoms with Crippen molar-refractivity contribution >= 4 is 53.6 Å². The van der Waals surface area contributed by atoms with Crippen LogP contribution in [-0.2, 0) is 6.42 Å². The van der Waals surface area contributed by atoms with Crippen LogP contribution in [-0.4, -0.2) is 29.2 Å². The standard InChI is InChI=1S/C16H13Br3O4/c1-23-14-3-2-8(4-10(14)17)5-13(20)15(21)9-6-11(18)16(22)12(19)7-9/h2-4,6-7,13,20,22H,5H2,1H3/t13-/m0/s1. The maximum Gasteiger partial charge on any atom is 0.191 e. The number of ether oxygens (including phenoxy) is 1. The molecule has 23 heavy (non-hydrogen) atoms. The van der Waals surface area contributed by atoms with E-state index >= 15 is 0 Å². The Morgan fingerprint density at radius 1 is 1.13 bits per heavy atom. The van der Waals surface area contributed by atoms with Gasteiger partial charge in [-0.05, 0) is 77.6 Å². The van der Waals surface area contributed by atoms with Gasteiger partial charge in [0.1, 0.15) is 17.6 Å². The third kappa shape index (κ3) is 4.35. The van der Waals surface area contributed by atoms with Gasteiger partial charge >= 0.3 is 0 Å². The first-order chi connectivity index (χ1) is 10.8. The lowest BCUT2D eigenvalue weighted by molar-refractivity contribution is 0.0748. The number of phenolic OH excluding ortho intramolecular Hbond substituents is 1. The number of methoxy groups -OCH3 is 1. The molecule has 7 heteroatoms. The molecule has 0 amide bonds. The molecule has 2 rings (SSSR count). The lowest BCUT2D eigenvalue weighted by Gasteiger charge is -2.12. The van der Waals surface area contributed by atoms with E-state index in [1.54, 1.807) is 25.3 Å². The highest BCUT2D eigenvalue weighted by Gasteiger charge is 2.20. The highest BCUT2D eigenvalue weighted by Crippen LogP contribution is 2.34. The summed E-state index contributed by atoms with van der Waals surface area (Å²) in [5.41, 5.74) is 1.11. The van der Waals surface area contributed by atoms with Crippen molar-refractivity contribution in [3.63, 3.8) is 0 Å². The van der Waals surface area contributed by atoms with Gasteiger partial charge in [0.25, 0.3) is 0 Å². The zero-order chi connectivity index (χ0) is 17.1. The number of phenols is 1. The lowest BCUT2D eigenvalue weighted by atomic mass is 10.00. The minimum Gasteiger partial charge on any atom is -0.506 e. The van der Waals surface area contributed by atoms with E-state index in [4.69, 9.17) is 4.74 Å². The zero-order valence-corrected chi connectivity index (χ0v) is 16.8. The lowest BCUT2D eigenvalue weighted by Crippen LogP contribution is -2.23. The fraction of sp³-hybridized carbons (Fsp3) is 0.188. The fourth-order valence-electron chi connectivity index (χ4n) is 2.05. The number of aromatic hydroxyl groups is 1. The number of carbonyl (C=O) groups is 1. The Morgan fingerprint density at radius 3 is 2.26 bits per heavy atom. The van der Waals surface area contributed by atoms with Crippen LogP contribution in [0.15, 0.2) is 43.7 Å². The van der Waals surface area contributed by atoms with Gasteiger partial charge in [-0.15, -0.1) is 0 Å². The van der Waals surface area contributed by atoms with E-state index in [1.165, 1.54) is 12.1 Å². The molecule has 0 aromatic heterocycles. The van der Waals surface area contributed by atoms with Gasteiger partial charge in [0.05, 0.1) is 20.5 Å². The number of rotatable bonds is 5. The number of ketones is 1. The van der Waals surface area contributed by atoms with Gasteiger partial charge in [-0.1, -0.05) is 6.07 Å². The summed E-state index contributed by atoms with van der Waals surface area (Å²) in [5, 5.41) is 19.9. The van der Waals surface area contributed by atoms with E-state index in [1.807, 2.05) is 0 Å². The molecule has 0 aliphatic rings. The second-order valence-corrected chi connectivity index (χ2v) is 7.40. The predicted molar refractivity (Wildman–Crippen MR) is 98.2 cm³/mol. The smallest absolute Gasteiger partial charge is 0.191 e. The number of benzene rings is 2. The number of Topliss-reactive ketones (excluding diaryl/α,β-unsaturated/α-hetero) is 1. The fourth-order valence-corrected chi connectivity index (χ4v) is 3.83. The summed E-state index contributed by atoms with van der Waals surface area (Å²) < 4.78 is 6.67. The Morgan fingerprint density at radius 2 is 1.74 bits per heavy atom. The highest BCUT2D eigenvalue weighted by atomic mass is 79.9. The first-order valence-electron chi connectivity index (χ1n) is 6.56. The molecule has 0 spiro atoms. The molecule has 0 saturated heterocycles. The van der Waals surface area contributed by atoms with Crippen LogP contribution in [0.5, 0.6) is 11.5 Å². The van der Waals surface area contributed by atoms with Crippen molar-refractivity contribution in [3.8, 4) is 11.5 Å². The van der Waals surface area contributed by atoms with Gasteiger partial charge in [-0.3, -0.25) is 4.79 Å². The van der Waals surface area contributed by atoms with E-state index in [9.17, 15) is 15.0 Å². The van der Waals surface area contributed by atoms with Crippen LogP contribution in [0, 0.1) is 0 Å². The molecule has 2 N–H and O–H groups in total. The minimum atomic E-state index is -1.18. The van der Waals surface area contributed by atoms with Crippen molar-refractivity contribution in [2.24, 2.45) is 0 Å². The van der Waals surface area contributed by atoms with Gasteiger partial charge in [0.2, 0.25) is 0 Å². The van der Waals surface area contributed by atoms with Crippen molar-refractivity contribution in [1.29, 1.82) is 0 Å². The summed E-state index contributed by atoms with van der Waals surface area (Å²) in [6.07, 6.45) is -1.00. The summed E-state index contributed by atoms with van der Waals surface area (Å²) in [6.45, 7) is 0. The molecule has 4 nitrogen and oxygen atoms in total. The molecular formula is C16H13Br3O4. The second kappa shape index (κ2) is 7.79. The number of carbonyl (C=O) groups excluding carboxylic acids is 1. The molecule has 2 aromatic carbocycles. The minimum absolute atomic E-state index is 0.00937. The molecule has 2 aromatic rings. The highest BCUT2D eigenvalue weighted by molar-refractivity contribution is 9.11. The number of aliphatic hydroxyl groups excluding tert-OH is 1. The average Bonchev–Trinajstić information content (AvgIpc) is 2.51. The number of hydrogen-bond acceptors (Lipinski definition) is 4. The Hall–Kier alpha value is -0.890. The first-order valence-corrected chi connectivity index (χ1v) is 8.94. The predicted octanol–water partition coefficient (Wildman–Crippen LogP) is 4.47. The van der Waals surface area contributed by atoms with Gasteiger partial charge in [0.15, 0.2) is 5.78 Å². The Balaban J connectivity index is 2.18. The first kappa shape index (κ1) is 18.4. The van der Waals surface area contributed by atoms with Crippen molar-refractivity contribution in [1.82, 2.24) is 0 Å². The number of aliphatic hydroxyl groups is 1. The molecule has 122 valence electrons. The molecule has 0 saturated carbocycles. The quantitative estimate of drug-likeness (QED) is 0.585. The zero-order valence-electron chi connectivity index (χ0n) is 12.0. The molecule has 0 unspecified atom stereocenters. The number of hydrogen-bond donors (Lipinski definition) is 2. The topological polar surface area (TPSA) is 66.8 Å². The van der Waals surface area contributed by atoms with Gasteiger partial charge in [-0.25, -0.2) is 0 Å². The normalized spacial score (nSPS) is 12.0. The van der Waals surface area contributed by atoms with Crippen LogP contribution in [0.3, 0.4) is 0 Å². The molecule has 0 radical (unpaired) electrons. The largest absolute Gasteiger partial charge is 0.506 e. The monoisotopic (exact) mass is 506 g/mol. The summed E-state index contributed by atoms with van der Waals surface area (Å²) in [4.78, 5) is 12.4. The van der Waals surface area contributed by atoms with Crippen LogP contribution in [0.1, 0.15) is 15.9 Å². The van der Waals surface area contributed by atoms with Crippen LogP contribution in [0.2, 0.25) is 0 Å². The maximum atomic E-state index is 12.4. The Labute approximate surface area is 158 Å². The number of halogens is 3. The summed E-state index contributed by atoms with van der Waals surface area (Å²) >= 11 is 9.72. The molecule has 0 heterocycles. The van der Waals surface area contributed by atoms with Crippen molar-refractivity contribution in [2.75, 3.05) is 7.11 Å². The molecule has 0 bridgehead atoms. The van der Waals surface area contributed by atoms with Crippen LogP contribution < -0.4 is 4.74 Å². The van der Waals surface area contributed by atoms with E-state index in [2.05, 4.69) is 47.8 Å². The molecule has 0 aliphatic heterocycles. The van der Waals surface area contributed by atoms with Gasteiger partial charge in [0, 0.05) is 12.0 Å². The molecular weight excluding hydrogens is 496 g/mol. The summed E-state index contributed by atoms with van der Waals surface area (Å²) in [6, 6.07) is 8.33. The maximum absolute atomic E-state index is 12.4. The summed E-state index contributed by atoms with van der Waals surface area (Å²) in [5.74, 6) is 0.273. The van der Waals surface area contributed by atoms with Crippen LogP contribution in [0.25, 0.3) is 0 Å². The average molecular weight is 509 g/mol. The third-order valence-corrected chi connectivity index (χ3v) is 5.08. The Bertz CT molecular complexity index is 723. The van der Waals surface area contributed by atoms with E-state index < -0.39 is 11.9 Å². The van der Waals surface area contributed by atoms with Gasteiger partial charge in [-0.2, -0.15) is 0 Å². The molecule has 1 atom stereocenters. The van der Waals surface area contributed by atoms with E-state index in [0.717, 1.165) is 10.0 Å². The van der Waals surface area contributed by atoms with Gasteiger partial charge < -0.3 is 14.9 Å². The van der Waals surface area contributed by atoms with E-state index in [0.29, 0.717) is 20.3 Å². The van der Waals surface area contributed by atoms with E-state index in [-0.39, 0.29) is 12.2 Å². The van der Waals surface area contributed by atoms with Crippen molar-refractivity contribution in [3.05, 3.63) is 54.9 Å². The summed E-state index contributed by atoms with van der Waals surface area (Å²) in [7, 11) is 1.57. The third-order valence-electron chi connectivity index (χ3n) is 3.25. The van der Waals surface area contributed by atoms with Crippen molar-refractivity contribution in [2.45, 2.75) is 12.5 Å². The molecule has 0 aliphatic carbocycles. The SMILES string of the molecule is COc1ccc(C[C@H](O)C(=O)c2cc(Br)c(O)c(Br)c2)cc1Br. The Kier molecular flexibility index (Phi) is 6.25. The van der Waals surface area contributed by atoms with Crippen molar-refractivity contribution < 1.29 is 19.7 Å². The second-order valence-electron chi connectivity index (χ2n) is 4.84. The van der Waals surface area contributed by atoms with Crippen LogP contribution in [0.4, 0.5) is 0 Å². The molecule has 0 fully saturated rings. The van der Waals surface area contributed by atoms with Crippen LogP contribution >= 0.6 is 47.8 Å².